The van der Waals surface area contributed by atoms with Crippen molar-refractivity contribution in [2.75, 3.05) is 11.9 Å². The van der Waals surface area contributed by atoms with Crippen LogP contribution in [0.25, 0.3) is 11.3 Å². The molecule has 2 heterocycles. The average molecular weight is 275 g/mol. The van der Waals surface area contributed by atoms with Gasteiger partial charge >= 0.3 is 0 Å². The van der Waals surface area contributed by atoms with Gasteiger partial charge < -0.3 is 5.32 Å². The molecule has 0 aliphatic heterocycles. The van der Waals surface area contributed by atoms with Gasteiger partial charge in [0.2, 0.25) is 0 Å². The van der Waals surface area contributed by atoms with Crippen molar-refractivity contribution in [3.63, 3.8) is 0 Å². The predicted molar refractivity (Wildman–Crippen MR) is 82.9 cm³/mol. The van der Waals surface area contributed by atoms with Crippen molar-refractivity contribution >= 4 is 17.2 Å². The summed E-state index contributed by atoms with van der Waals surface area (Å²) in [5.41, 5.74) is 3.55. The summed E-state index contributed by atoms with van der Waals surface area (Å²) in [7, 11) is 0. The molecule has 1 N–H and O–H groups in total. The van der Waals surface area contributed by atoms with Crippen LogP contribution in [0.3, 0.4) is 0 Å². The molecule has 2 aromatic heterocycles. The molecule has 0 amide bonds. The van der Waals surface area contributed by atoms with Crippen LogP contribution < -0.4 is 5.32 Å². The lowest BCUT2D eigenvalue weighted by Crippen LogP contribution is -2.07. The third-order valence-corrected chi connectivity index (χ3v) is 3.85. The second-order valence-electron chi connectivity index (χ2n) is 4.67. The standard InChI is InChI=1S/C15H21N3S/c1-4-6-13-14(12-8-11(3)19-9-12)17-10-18-15(13)16-7-5-2/h8-10H,4-7H2,1-3H3,(H,16,17,18). The van der Waals surface area contributed by atoms with E-state index in [9.17, 15) is 0 Å². The Kier molecular flexibility index (Phi) is 4.91. The smallest absolute Gasteiger partial charge is 0.133 e. The Labute approximate surface area is 119 Å². The van der Waals surface area contributed by atoms with E-state index in [0.717, 1.165) is 37.3 Å². The highest BCUT2D eigenvalue weighted by atomic mass is 32.1. The van der Waals surface area contributed by atoms with Gasteiger partial charge in [-0.25, -0.2) is 9.97 Å². The number of thiophene rings is 1. The first-order valence-electron chi connectivity index (χ1n) is 6.89. The lowest BCUT2D eigenvalue weighted by Gasteiger charge is -2.12. The normalized spacial score (nSPS) is 10.7. The Hall–Kier alpha value is -1.42. The Morgan fingerprint density at radius 1 is 1.21 bits per heavy atom. The predicted octanol–water partition coefficient (Wildman–Crippen LogP) is 4.29. The van der Waals surface area contributed by atoms with Gasteiger partial charge in [-0.15, -0.1) is 11.3 Å². The molecule has 0 aliphatic rings. The van der Waals surface area contributed by atoms with Gasteiger partial charge in [0.05, 0.1) is 5.69 Å². The van der Waals surface area contributed by atoms with E-state index >= 15 is 0 Å². The van der Waals surface area contributed by atoms with Gasteiger partial charge in [0.25, 0.3) is 0 Å². The molecule has 0 atom stereocenters. The fourth-order valence-corrected chi connectivity index (χ4v) is 2.80. The molecular formula is C15H21N3S. The SMILES string of the molecule is CCCNc1ncnc(-c2csc(C)c2)c1CCC. The molecular weight excluding hydrogens is 254 g/mol. The summed E-state index contributed by atoms with van der Waals surface area (Å²) >= 11 is 1.77. The van der Waals surface area contributed by atoms with E-state index in [-0.39, 0.29) is 0 Å². The van der Waals surface area contributed by atoms with Gasteiger partial charge in [0, 0.05) is 27.9 Å². The van der Waals surface area contributed by atoms with Crippen LogP contribution in [-0.2, 0) is 6.42 Å². The zero-order chi connectivity index (χ0) is 13.7. The van der Waals surface area contributed by atoms with Crippen molar-refractivity contribution in [3.05, 3.63) is 28.2 Å². The molecule has 0 radical (unpaired) electrons. The quantitative estimate of drug-likeness (QED) is 0.854. The maximum Gasteiger partial charge on any atom is 0.133 e. The Bertz CT molecular complexity index is 534. The van der Waals surface area contributed by atoms with Gasteiger partial charge in [-0.1, -0.05) is 20.3 Å². The first kappa shape index (κ1) is 14.0. The molecule has 0 spiro atoms. The van der Waals surface area contributed by atoms with Crippen LogP contribution in [0.5, 0.6) is 0 Å². The highest BCUT2D eigenvalue weighted by Crippen LogP contribution is 2.30. The van der Waals surface area contributed by atoms with E-state index in [4.69, 9.17) is 0 Å². The summed E-state index contributed by atoms with van der Waals surface area (Å²) < 4.78 is 0. The van der Waals surface area contributed by atoms with Crippen LogP contribution in [0.2, 0.25) is 0 Å². The minimum absolute atomic E-state index is 0.954. The summed E-state index contributed by atoms with van der Waals surface area (Å²) in [6, 6.07) is 2.20. The average Bonchev–Trinajstić information content (AvgIpc) is 2.84. The molecule has 0 bridgehead atoms. The monoisotopic (exact) mass is 275 g/mol. The summed E-state index contributed by atoms with van der Waals surface area (Å²) in [5.74, 6) is 0.998. The number of nitrogens with one attached hydrogen (secondary N) is 1. The number of aromatic nitrogens is 2. The molecule has 3 nitrogen and oxygen atoms in total. The molecule has 102 valence electrons. The minimum Gasteiger partial charge on any atom is -0.370 e. The molecule has 2 aromatic rings. The van der Waals surface area contributed by atoms with Crippen LogP contribution in [0.1, 0.15) is 37.1 Å². The highest BCUT2D eigenvalue weighted by Gasteiger charge is 2.13. The molecule has 0 aromatic carbocycles. The van der Waals surface area contributed by atoms with Gasteiger partial charge in [-0.05, 0) is 25.8 Å². The molecule has 0 fully saturated rings. The fourth-order valence-electron chi connectivity index (χ4n) is 2.11. The van der Waals surface area contributed by atoms with Gasteiger partial charge in [0.1, 0.15) is 12.1 Å². The lowest BCUT2D eigenvalue weighted by atomic mass is 10.0. The maximum atomic E-state index is 4.51. The van der Waals surface area contributed by atoms with Crippen molar-refractivity contribution in [3.8, 4) is 11.3 Å². The lowest BCUT2D eigenvalue weighted by molar-refractivity contribution is 0.892. The summed E-state index contributed by atoms with van der Waals surface area (Å²) in [4.78, 5) is 10.2. The Balaban J connectivity index is 2.41. The number of hydrogen-bond acceptors (Lipinski definition) is 4. The summed E-state index contributed by atoms with van der Waals surface area (Å²) in [6.45, 7) is 7.44. The van der Waals surface area contributed by atoms with Crippen LogP contribution in [-0.4, -0.2) is 16.5 Å². The zero-order valence-electron chi connectivity index (χ0n) is 11.9. The van der Waals surface area contributed by atoms with Gasteiger partial charge in [-0.3, -0.25) is 0 Å². The first-order chi connectivity index (χ1) is 9.26. The molecule has 0 unspecified atom stereocenters. The molecule has 0 saturated heterocycles. The third-order valence-electron chi connectivity index (χ3n) is 2.99. The minimum atomic E-state index is 0.954. The summed E-state index contributed by atoms with van der Waals surface area (Å²) in [6.07, 6.45) is 4.88. The molecule has 0 saturated carbocycles. The van der Waals surface area contributed by atoms with Crippen LogP contribution in [0.4, 0.5) is 5.82 Å². The van der Waals surface area contributed by atoms with E-state index in [2.05, 4.69) is 47.5 Å². The van der Waals surface area contributed by atoms with E-state index in [1.165, 1.54) is 16.0 Å². The zero-order valence-corrected chi connectivity index (χ0v) is 12.7. The number of nitrogens with zero attached hydrogens (tertiary/aromatic N) is 2. The van der Waals surface area contributed by atoms with Gasteiger partial charge in [0.15, 0.2) is 0 Å². The van der Waals surface area contributed by atoms with Crippen molar-refractivity contribution in [1.29, 1.82) is 0 Å². The van der Waals surface area contributed by atoms with E-state index < -0.39 is 0 Å². The Morgan fingerprint density at radius 2 is 2.05 bits per heavy atom. The van der Waals surface area contributed by atoms with Crippen LogP contribution in [0.15, 0.2) is 17.8 Å². The van der Waals surface area contributed by atoms with Crippen molar-refractivity contribution in [2.24, 2.45) is 0 Å². The molecule has 0 aliphatic carbocycles. The molecule has 4 heteroatoms. The number of hydrogen-bond donors (Lipinski definition) is 1. The van der Waals surface area contributed by atoms with Crippen molar-refractivity contribution < 1.29 is 0 Å². The highest BCUT2D eigenvalue weighted by molar-refractivity contribution is 7.10. The second kappa shape index (κ2) is 6.66. The number of anilines is 1. The number of rotatable bonds is 6. The van der Waals surface area contributed by atoms with Crippen LogP contribution >= 0.6 is 11.3 Å². The Morgan fingerprint density at radius 3 is 2.68 bits per heavy atom. The number of aryl methyl sites for hydroxylation is 1. The van der Waals surface area contributed by atoms with Gasteiger partial charge in [-0.2, -0.15) is 0 Å². The fraction of sp³-hybridized carbons (Fsp3) is 0.467. The molecule has 2 rings (SSSR count). The summed E-state index contributed by atoms with van der Waals surface area (Å²) in [5, 5.41) is 5.60. The van der Waals surface area contributed by atoms with E-state index in [1.807, 2.05) is 0 Å². The topological polar surface area (TPSA) is 37.8 Å². The third kappa shape index (κ3) is 3.32. The first-order valence-corrected chi connectivity index (χ1v) is 7.77. The molecule has 19 heavy (non-hydrogen) atoms. The van der Waals surface area contributed by atoms with Crippen molar-refractivity contribution in [2.45, 2.75) is 40.0 Å². The second-order valence-corrected chi connectivity index (χ2v) is 5.79. The van der Waals surface area contributed by atoms with Crippen LogP contribution in [0, 0.1) is 6.92 Å². The van der Waals surface area contributed by atoms with E-state index in [1.54, 1.807) is 17.7 Å². The largest absolute Gasteiger partial charge is 0.370 e. The maximum absolute atomic E-state index is 4.51. The van der Waals surface area contributed by atoms with Crippen molar-refractivity contribution in [1.82, 2.24) is 9.97 Å². The van der Waals surface area contributed by atoms with E-state index in [0.29, 0.717) is 0 Å².